The third-order valence-electron chi connectivity index (χ3n) is 6.68. The Balaban J connectivity index is 1.17. The Hall–Kier alpha value is -5.32. The number of esters is 1. The molecule has 11 nitrogen and oxygen atoms in total. The minimum atomic E-state index is -1.05. The van der Waals surface area contributed by atoms with E-state index in [1.54, 1.807) is 21.8 Å². The predicted molar refractivity (Wildman–Crippen MR) is 157 cm³/mol. The van der Waals surface area contributed by atoms with Crippen molar-refractivity contribution in [2.75, 3.05) is 0 Å². The normalized spacial score (nSPS) is 11.5. The van der Waals surface area contributed by atoms with Gasteiger partial charge in [0.15, 0.2) is 0 Å². The molecular weight excluding hydrogens is 546 g/mol. The van der Waals surface area contributed by atoms with Crippen LogP contribution in [0.4, 0.5) is 4.79 Å². The maximum Gasteiger partial charge on any atom is 0.408 e. The Kier molecular flexibility index (Phi) is 10.2. The van der Waals surface area contributed by atoms with E-state index in [0.29, 0.717) is 24.5 Å². The van der Waals surface area contributed by atoms with Crippen molar-refractivity contribution in [1.29, 1.82) is 0 Å². The summed E-state index contributed by atoms with van der Waals surface area (Å²) in [5.74, 6) is -0.644. The number of benzene rings is 3. The molecule has 0 spiro atoms. The van der Waals surface area contributed by atoms with Crippen molar-refractivity contribution in [2.45, 2.75) is 51.6 Å². The van der Waals surface area contributed by atoms with Crippen molar-refractivity contribution in [3.05, 3.63) is 131 Å². The predicted octanol–water partition coefficient (Wildman–Crippen LogP) is 3.94. The molecule has 220 valence electrons. The van der Waals surface area contributed by atoms with E-state index >= 15 is 0 Å². The fourth-order valence-electron chi connectivity index (χ4n) is 4.39. The Morgan fingerprint density at radius 1 is 0.651 bits per heavy atom. The third kappa shape index (κ3) is 9.35. The van der Waals surface area contributed by atoms with E-state index in [4.69, 9.17) is 9.47 Å². The lowest BCUT2D eigenvalue weighted by molar-refractivity contribution is -0.147. The van der Waals surface area contributed by atoms with Crippen LogP contribution in [0.5, 0.6) is 0 Å². The number of hydrogen-bond donors (Lipinski definition) is 1. The van der Waals surface area contributed by atoms with Gasteiger partial charge in [0, 0.05) is 25.7 Å². The molecule has 0 bridgehead atoms. The van der Waals surface area contributed by atoms with Crippen LogP contribution in [0, 0.1) is 0 Å². The molecule has 0 saturated heterocycles. The maximum absolute atomic E-state index is 13.2. The molecule has 0 unspecified atom stereocenters. The van der Waals surface area contributed by atoms with Crippen LogP contribution in [0.2, 0.25) is 0 Å². The van der Waals surface area contributed by atoms with Gasteiger partial charge in [0.05, 0.1) is 11.9 Å². The molecule has 5 aromatic rings. The first-order valence-electron chi connectivity index (χ1n) is 14.1. The number of alkyl carbamates (subject to hydrolysis) is 1. The molecule has 0 saturated carbocycles. The number of hydrogen-bond acceptors (Lipinski definition) is 8. The van der Waals surface area contributed by atoms with Gasteiger partial charge in [-0.3, -0.25) is 9.36 Å². The Labute approximate surface area is 249 Å². The maximum atomic E-state index is 13.2. The van der Waals surface area contributed by atoms with Crippen LogP contribution >= 0.6 is 0 Å². The molecule has 0 aliphatic carbocycles. The number of carbonyl (C=O) groups is 2. The fraction of sp³-hybridized carbons (Fsp3) is 0.250. The summed E-state index contributed by atoms with van der Waals surface area (Å²) in [6.07, 6.45) is 4.42. The SMILES string of the molecule is O=C(N[C@H](Cc1cn(CCc2ccccc2)nn1)C(=O)OCc1cn(CCc2ccccc2)nn1)OCc1ccccc1. The van der Waals surface area contributed by atoms with Crippen LogP contribution in [0.15, 0.2) is 103 Å². The molecule has 2 heterocycles. The number of aromatic nitrogens is 6. The average molecular weight is 580 g/mol. The summed E-state index contributed by atoms with van der Waals surface area (Å²) in [7, 11) is 0. The molecule has 0 radical (unpaired) electrons. The Morgan fingerprint density at radius 3 is 1.74 bits per heavy atom. The zero-order valence-electron chi connectivity index (χ0n) is 23.7. The van der Waals surface area contributed by atoms with Gasteiger partial charge in [0.2, 0.25) is 0 Å². The molecule has 43 heavy (non-hydrogen) atoms. The smallest absolute Gasteiger partial charge is 0.408 e. The summed E-state index contributed by atoms with van der Waals surface area (Å²) < 4.78 is 14.3. The van der Waals surface area contributed by atoms with Gasteiger partial charge in [-0.1, -0.05) is 101 Å². The van der Waals surface area contributed by atoms with Crippen LogP contribution in [-0.2, 0) is 59.8 Å². The van der Waals surface area contributed by atoms with Crippen molar-refractivity contribution in [3.8, 4) is 0 Å². The van der Waals surface area contributed by atoms with Crippen LogP contribution < -0.4 is 5.32 Å². The summed E-state index contributed by atoms with van der Waals surface area (Å²) in [4.78, 5) is 25.8. The number of rotatable bonds is 14. The topological polar surface area (TPSA) is 126 Å². The molecule has 0 aliphatic heterocycles. The van der Waals surface area contributed by atoms with Crippen molar-refractivity contribution in [3.63, 3.8) is 0 Å². The lowest BCUT2D eigenvalue weighted by Gasteiger charge is -2.16. The van der Waals surface area contributed by atoms with E-state index in [2.05, 4.69) is 50.2 Å². The van der Waals surface area contributed by atoms with E-state index in [9.17, 15) is 9.59 Å². The van der Waals surface area contributed by atoms with Crippen LogP contribution in [0.1, 0.15) is 28.1 Å². The Bertz CT molecular complexity index is 1570. The van der Waals surface area contributed by atoms with E-state index < -0.39 is 18.1 Å². The van der Waals surface area contributed by atoms with Crippen LogP contribution in [0.3, 0.4) is 0 Å². The number of aryl methyl sites for hydroxylation is 4. The summed E-state index contributed by atoms with van der Waals surface area (Å²) in [6.45, 7) is 1.24. The minimum Gasteiger partial charge on any atom is -0.457 e. The molecule has 5 rings (SSSR count). The standard InChI is InChI=1S/C32H33N7O4/c40-31(42-24-29-22-39(37-35-29)19-17-26-12-6-2-7-13-26)30(33-32(41)43-23-27-14-8-3-9-15-27)20-28-21-38(36-34-28)18-16-25-10-4-1-5-11-25/h1-15,21-22,30H,16-20,23-24H2,(H,33,41)/t30-/m1/s1. The van der Waals surface area contributed by atoms with Crippen molar-refractivity contribution >= 4 is 12.1 Å². The van der Waals surface area contributed by atoms with Gasteiger partial charge in [-0.25, -0.2) is 9.59 Å². The first-order chi connectivity index (χ1) is 21.1. The monoisotopic (exact) mass is 579 g/mol. The highest BCUT2D eigenvalue weighted by Gasteiger charge is 2.25. The lowest BCUT2D eigenvalue weighted by atomic mass is 10.1. The van der Waals surface area contributed by atoms with Gasteiger partial charge in [0.25, 0.3) is 0 Å². The van der Waals surface area contributed by atoms with Gasteiger partial charge in [-0.05, 0) is 29.5 Å². The van der Waals surface area contributed by atoms with E-state index in [-0.39, 0.29) is 19.6 Å². The molecule has 1 N–H and O–H groups in total. The summed E-state index contributed by atoms with van der Waals surface area (Å²) in [6, 6.07) is 28.4. The molecule has 1 amide bonds. The molecule has 0 fully saturated rings. The summed E-state index contributed by atoms with van der Waals surface area (Å²) in [5, 5.41) is 19.3. The Morgan fingerprint density at radius 2 is 1.16 bits per heavy atom. The highest BCUT2D eigenvalue weighted by Crippen LogP contribution is 2.08. The second-order valence-electron chi connectivity index (χ2n) is 9.99. The largest absolute Gasteiger partial charge is 0.457 e. The van der Waals surface area contributed by atoms with Gasteiger partial charge in [-0.2, -0.15) is 0 Å². The van der Waals surface area contributed by atoms with Gasteiger partial charge < -0.3 is 14.8 Å². The van der Waals surface area contributed by atoms with Crippen LogP contribution in [0.25, 0.3) is 0 Å². The zero-order valence-corrected chi connectivity index (χ0v) is 23.7. The van der Waals surface area contributed by atoms with Gasteiger partial charge >= 0.3 is 12.1 Å². The highest BCUT2D eigenvalue weighted by molar-refractivity contribution is 5.81. The first kappa shape index (κ1) is 29.2. The molecule has 11 heteroatoms. The average Bonchev–Trinajstić information content (AvgIpc) is 3.71. The van der Waals surface area contributed by atoms with E-state index in [0.717, 1.165) is 18.4 Å². The first-order valence-corrected chi connectivity index (χ1v) is 14.1. The number of nitrogens with zero attached hydrogens (tertiary/aromatic N) is 6. The zero-order chi connectivity index (χ0) is 29.7. The van der Waals surface area contributed by atoms with Crippen molar-refractivity contribution < 1.29 is 19.1 Å². The van der Waals surface area contributed by atoms with Crippen molar-refractivity contribution in [1.82, 2.24) is 35.3 Å². The van der Waals surface area contributed by atoms with Gasteiger partial charge in [-0.15, -0.1) is 10.2 Å². The highest BCUT2D eigenvalue weighted by atomic mass is 16.6. The second-order valence-corrected chi connectivity index (χ2v) is 9.99. The van der Waals surface area contributed by atoms with E-state index in [1.807, 2.05) is 66.7 Å². The lowest BCUT2D eigenvalue weighted by Crippen LogP contribution is -2.43. The number of nitrogens with one attached hydrogen (secondary N) is 1. The quantitative estimate of drug-likeness (QED) is 0.196. The molecular formula is C32H33N7O4. The molecule has 3 aromatic carbocycles. The summed E-state index contributed by atoms with van der Waals surface area (Å²) >= 11 is 0. The molecule has 1 atom stereocenters. The number of carbonyl (C=O) groups excluding carboxylic acids is 2. The van der Waals surface area contributed by atoms with Crippen LogP contribution in [-0.4, -0.2) is 48.1 Å². The molecule has 2 aromatic heterocycles. The minimum absolute atomic E-state index is 0.0657. The van der Waals surface area contributed by atoms with Crippen molar-refractivity contribution in [2.24, 2.45) is 0 Å². The molecule has 0 aliphatic rings. The second kappa shape index (κ2) is 15.1. The third-order valence-corrected chi connectivity index (χ3v) is 6.68. The van der Waals surface area contributed by atoms with E-state index in [1.165, 1.54) is 11.1 Å². The summed E-state index contributed by atoms with van der Waals surface area (Å²) in [5.41, 5.74) is 4.23. The fourth-order valence-corrected chi connectivity index (χ4v) is 4.39. The van der Waals surface area contributed by atoms with Gasteiger partial charge in [0.1, 0.15) is 24.9 Å². The number of ether oxygens (including phenoxy) is 2. The number of amides is 1.